The maximum Gasteiger partial charge on any atom is 0.573 e. The average Bonchev–Trinajstić information content (AvgIpc) is 3.22. The lowest BCUT2D eigenvalue weighted by Crippen LogP contribution is -2.52. The molecule has 5 rings (SSSR count). The fourth-order valence-electron chi connectivity index (χ4n) is 4.98. The lowest BCUT2D eigenvalue weighted by atomic mass is 10.1. The standard InChI is InChI=1S/C28H26ClF4N5O2/c1-17-15-36(21-5-7-22(8-6-21)40-28(31,32)33)11-12-37(17)24-9-3-19(13-23(24)30)14-34-27(39)26-18(2)35-25-10-4-20(29)16-38(25)26/h3-10,13,16-17H,11-12,14-15H2,1-2H3,(H,34,39)/t17-/m1/s1. The second-order valence-corrected chi connectivity index (χ2v) is 10.1. The molecule has 2 aromatic carbocycles. The molecule has 1 aliphatic rings. The van der Waals surface area contributed by atoms with Gasteiger partial charge in [-0.1, -0.05) is 17.7 Å². The number of nitrogens with zero attached hydrogens (tertiary/aromatic N) is 4. The van der Waals surface area contributed by atoms with Gasteiger partial charge in [0, 0.05) is 44.1 Å². The van der Waals surface area contributed by atoms with Gasteiger partial charge in [0.2, 0.25) is 0 Å². The molecule has 0 spiro atoms. The van der Waals surface area contributed by atoms with E-state index in [-0.39, 0.29) is 24.2 Å². The Morgan fingerprint density at radius 3 is 2.55 bits per heavy atom. The van der Waals surface area contributed by atoms with Crippen molar-refractivity contribution in [3.8, 4) is 5.75 Å². The molecule has 3 heterocycles. The number of aryl methyl sites for hydroxylation is 1. The zero-order valence-electron chi connectivity index (χ0n) is 21.7. The molecule has 210 valence electrons. The Morgan fingerprint density at radius 2 is 1.88 bits per heavy atom. The maximum atomic E-state index is 15.2. The first kappa shape index (κ1) is 27.6. The van der Waals surface area contributed by atoms with Crippen LogP contribution < -0.4 is 19.9 Å². The number of benzene rings is 2. The number of anilines is 2. The highest BCUT2D eigenvalue weighted by molar-refractivity contribution is 6.30. The van der Waals surface area contributed by atoms with Crippen LogP contribution in [0.5, 0.6) is 5.75 Å². The summed E-state index contributed by atoms with van der Waals surface area (Å²) in [6.07, 6.45) is -3.12. The van der Waals surface area contributed by atoms with Crippen molar-refractivity contribution in [2.75, 3.05) is 29.4 Å². The van der Waals surface area contributed by atoms with E-state index in [2.05, 4.69) is 15.0 Å². The third-order valence-electron chi connectivity index (χ3n) is 6.81. The summed E-state index contributed by atoms with van der Waals surface area (Å²) in [6.45, 7) is 5.46. The fourth-order valence-corrected chi connectivity index (χ4v) is 5.14. The zero-order valence-corrected chi connectivity index (χ0v) is 22.4. The summed E-state index contributed by atoms with van der Waals surface area (Å²) >= 11 is 6.08. The van der Waals surface area contributed by atoms with Crippen LogP contribution >= 0.6 is 11.6 Å². The van der Waals surface area contributed by atoms with Crippen molar-refractivity contribution in [1.82, 2.24) is 14.7 Å². The molecule has 40 heavy (non-hydrogen) atoms. The summed E-state index contributed by atoms with van der Waals surface area (Å²) in [5, 5.41) is 3.30. The minimum atomic E-state index is -4.74. The van der Waals surface area contributed by atoms with Crippen LogP contribution in [0.25, 0.3) is 5.65 Å². The van der Waals surface area contributed by atoms with E-state index in [4.69, 9.17) is 11.6 Å². The number of carbonyl (C=O) groups is 1. The number of fused-ring (bicyclic) bond motifs is 1. The molecule has 12 heteroatoms. The number of aromatic nitrogens is 2. The van der Waals surface area contributed by atoms with Crippen molar-refractivity contribution in [3.05, 3.63) is 88.6 Å². The Bertz CT molecular complexity index is 1540. The number of imidazole rings is 1. The minimum Gasteiger partial charge on any atom is -0.406 e. The molecule has 0 saturated carbocycles. The van der Waals surface area contributed by atoms with Gasteiger partial charge in [0.15, 0.2) is 0 Å². The number of rotatable bonds is 6. The molecule has 1 N–H and O–H groups in total. The number of hydrogen-bond donors (Lipinski definition) is 1. The molecule has 1 aliphatic heterocycles. The van der Waals surface area contributed by atoms with E-state index in [1.165, 1.54) is 18.2 Å². The molecular formula is C28H26ClF4N5O2. The van der Waals surface area contributed by atoms with E-state index in [1.807, 2.05) is 16.7 Å². The highest BCUT2D eigenvalue weighted by Crippen LogP contribution is 2.29. The Balaban J connectivity index is 1.21. The van der Waals surface area contributed by atoms with E-state index in [9.17, 15) is 18.0 Å². The van der Waals surface area contributed by atoms with Crippen LogP contribution in [0, 0.1) is 12.7 Å². The zero-order chi connectivity index (χ0) is 28.6. The van der Waals surface area contributed by atoms with Gasteiger partial charge in [-0.3, -0.25) is 9.20 Å². The normalized spacial score (nSPS) is 15.9. The van der Waals surface area contributed by atoms with Crippen LogP contribution in [0.15, 0.2) is 60.8 Å². The van der Waals surface area contributed by atoms with Crippen molar-refractivity contribution < 1.29 is 27.1 Å². The molecule has 1 amide bonds. The molecule has 0 aliphatic carbocycles. The number of hydrogen-bond acceptors (Lipinski definition) is 5. The van der Waals surface area contributed by atoms with E-state index in [0.29, 0.717) is 52.9 Å². The smallest absolute Gasteiger partial charge is 0.406 e. The monoisotopic (exact) mass is 575 g/mol. The third kappa shape index (κ3) is 5.94. The number of carbonyl (C=O) groups excluding carboxylic acids is 1. The highest BCUT2D eigenvalue weighted by Gasteiger charge is 2.31. The number of amides is 1. The first-order valence-corrected chi connectivity index (χ1v) is 12.9. The largest absolute Gasteiger partial charge is 0.573 e. The molecule has 1 saturated heterocycles. The Labute approximate surface area is 232 Å². The number of ether oxygens (including phenoxy) is 1. The van der Waals surface area contributed by atoms with E-state index in [0.717, 1.165) is 5.69 Å². The number of piperazine rings is 1. The second kappa shape index (κ2) is 10.9. The van der Waals surface area contributed by atoms with Crippen LogP contribution in [0.1, 0.15) is 28.7 Å². The van der Waals surface area contributed by atoms with Gasteiger partial charge >= 0.3 is 6.36 Å². The van der Waals surface area contributed by atoms with E-state index >= 15 is 4.39 Å². The Morgan fingerprint density at radius 1 is 1.12 bits per heavy atom. The molecule has 1 fully saturated rings. The van der Waals surface area contributed by atoms with Crippen molar-refractivity contribution in [2.45, 2.75) is 32.8 Å². The first-order chi connectivity index (χ1) is 19.0. The second-order valence-electron chi connectivity index (χ2n) is 9.62. The number of pyridine rings is 1. The van der Waals surface area contributed by atoms with Gasteiger partial charge < -0.3 is 19.9 Å². The van der Waals surface area contributed by atoms with Crippen molar-refractivity contribution in [3.63, 3.8) is 0 Å². The van der Waals surface area contributed by atoms with Crippen molar-refractivity contribution >= 4 is 34.5 Å². The van der Waals surface area contributed by atoms with Crippen LogP contribution in [0.4, 0.5) is 28.9 Å². The summed E-state index contributed by atoms with van der Waals surface area (Å²) in [6, 6.07) is 14.0. The first-order valence-electron chi connectivity index (χ1n) is 12.6. The Hall–Kier alpha value is -3.99. The molecule has 7 nitrogen and oxygen atoms in total. The summed E-state index contributed by atoms with van der Waals surface area (Å²) in [7, 11) is 0. The van der Waals surface area contributed by atoms with Crippen LogP contribution in [0.2, 0.25) is 5.02 Å². The minimum absolute atomic E-state index is 0.0650. The molecule has 0 bridgehead atoms. The molecular weight excluding hydrogens is 550 g/mol. The van der Waals surface area contributed by atoms with Gasteiger partial charge in [0.25, 0.3) is 5.91 Å². The quantitative estimate of drug-likeness (QED) is 0.287. The van der Waals surface area contributed by atoms with Gasteiger partial charge in [-0.05, 0) is 67.9 Å². The van der Waals surface area contributed by atoms with Gasteiger partial charge in [0.1, 0.15) is 22.9 Å². The average molecular weight is 576 g/mol. The number of alkyl halides is 3. The molecule has 2 aromatic heterocycles. The van der Waals surface area contributed by atoms with Gasteiger partial charge in [-0.15, -0.1) is 13.2 Å². The molecule has 1 atom stereocenters. The van der Waals surface area contributed by atoms with Gasteiger partial charge in [-0.25, -0.2) is 9.37 Å². The third-order valence-corrected chi connectivity index (χ3v) is 7.03. The van der Waals surface area contributed by atoms with Gasteiger partial charge in [0.05, 0.1) is 16.4 Å². The van der Waals surface area contributed by atoms with Crippen LogP contribution in [0.3, 0.4) is 0 Å². The molecule has 0 radical (unpaired) electrons. The number of halogens is 5. The SMILES string of the molecule is Cc1nc2ccc(Cl)cn2c1C(=O)NCc1ccc(N2CCN(c3ccc(OC(F)(F)F)cc3)C[C@H]2C)c(F)c1. The highest BCUT2D eigenvalue weighted by atomic mass is 35.5. The number of nitrogens with one attached hydrogen (secondary N) is 1. The van der Waals surface area contributed by atoms with Crippen LogP contribution in [-0.2, 0) is 6.54 Å². The predicted molar refractivity (Wildman–Crippen MR) is 145 cm³/mol. The van der Waals surface area contributed by atoms with E-state index in [1.54, 1.807) is 53.9 Å². The Kier molecular flexibility index (Phi) is 7.50. The van der Waals surface area contributed by atoms with Crippen LogP contribution in [-0.4, -0.2) is 47.3 Å². The van der Waals surface area contributed by atoms with Gasteiger partial charge in [-0.2, -0.15) is 0 Å². The van der Waals surface area contributed by atoms with E-state index < -0.39 is 12.2 Å². The summed E-state index contributed by atoms with van der Waals surface area (Å²) in [5.74, 6) is -1.03. The lowest BCUT2D eigenvalue weighted by molar-refractivity contribution is -0.274. The molecule has 0 unspecified atom stereocenters. The fraction of sp³-hybridized carbons (Fsp3) is 0.286. The van der Waals surface area contributed by atoms with Crippen molar-refractivity contribution in [1.29, 1.82) is 0 Å². The van der Waals surface area contributed by atoms with Crippen molar-refractivity contribution in [2.24, 2.45) is 0 Å². The lowest BCUT2D eigenvalue weighted by Gasteiger charge is -2.42. The maximum absolute atomic E-state index is 15.2. The summed E-state index contributed by atoms with van der Waals surface area (Å²) < 4.78 is 58.1. The predicted octanol–water partition coefficient (Wildman–Crippen LogP) is 5.98. The molecule has 4 aromatic rings. The topological polar surface area (TPSA) is 62.1 Å². The summed E-state index contributed by atoms with van der Waals surface area (Å²) in [4.78, 5) is 21.3. The summed E-state index contributed by atoms with van der Waals surface area (Å²) in [5.41, 5.74) is 3.33.